The number of aliphatic hydroxyl groups is 1. The van der Waals surface area contributed by atoms with E-state index in [1.807, 2.05) is 18.2 Å². The van der Waals surface area contributed by atoms with Crippen molar-refractivity contribution in [1.82, 2.24) is 9.78 Å². The van der Waals surface area contributed by atoms with Crippen LogP contribution in [0.25, 0.3) is 5.69 Å². The fourth-order valence-corrected chi connectivity index (χ4v) is 2.26. The van der Waals surface area contributed by atoms with E-state index in [9.17, 15) is 8.78 Å². The molecule has 0 saturated carbocycles. The molecule has 1 aromatic carbocycles. The second kappa shape index (κ2) is 5.81. The molecule has 3 N–H and O–H groups in total. The Bertz CT molecular complexity index is 638. The number of aliphatic hydroxyl groups excluding tert-OH is 1. The second-order valence-electron chi connectivity index (χ2n) is 5.05. The number of rotatable bonds is 5. The van der Waals surface area contributed by atoms with Crippen LogP contribution >= 0.6 is 0 Å². The first-order valence-corrected chi connectivity index (χ1v) is 6.84. The van der Waals surface area contributed by atoms with Gasteiger partial charge in [-0.2, -0.15) is 13.9 Å². The van der Waals surface area contributed by atoms with Crippen molar-refractivity contribution in [3.8, 4) is 5.69 Å². The first-order chi connectivity index (χ1) is 9.90. The average molecular weight is 295 g/mol. The highest BCUT2D eigenvalue weighted by atomic mass is 19.3. The Kier molecular flexibility index (Phi) is 4.27. The summed E-state index contributed by atoms with van der Waals surface area (Å²) >= 11 is 0. The SMILES string of the molecule is CCCc1cccc(-n2nc(C(F)(F)CO)c(C)c2N)c1. The largest absolute Gasteiger partial charge is 0.390 e. The van der Waals surface area contributed by atoms with Crippen LogP contribution in [0.1, 0.15) is 30.2 Å². The molecular weight excluding hydrogens is 276 g/mol. The molecule has 2 rings (SSSR count). The second-order valence-corrected chi connectivity index (χ2v) is 5.05. The van der Waals surface area contributed by atoms with Crippen LogP contribution in [0.3, 0.4) is 0 Å². The zero-order chi connectivity index (χ0) is 15.6. The molecule has 6 heteroatoms. The lowest BCUT2D eigenvalue weighted by molar-refractivity contribution is -0.0599. The quantitative estimate of drug-likeness (QED) is 0.891. The van der Waals surface area contributed by atoms with Crippen LogP contribution in [0.15, 0.2) is 24.3 Å². The predicted molar refractivity (Wildman–Crippen MR) is 77.7 cm³/mol. The molecule has 0 atom stereocenters. The van der Waals surface area contributed by atoms with Crippen molar-refractivity contribution in [2.45, 2.75) is 32.6 Å². The zero-order valence-electron chi connectivity index (χ0n) is 12.1. The molecule has 0 spiro atoms. The van der Waals surface area contributed by atoms with Gasteiger partial charge in [0.2, 0.25) is 0 Å². The molecule has 21 heavy (non-hydrogen) atoms. The van der Waals surface area contributed by atoms with Crippen LogP contribution in [-0.2, 0) is 12.3 Å². The summed E-state index contributed by atoms with van der Waals surface area (Å²) in [5.74, 6) is -3.24. The first-order valence-electron chi connectivity index (χ1n) is 6.84. The van der Waals surface area contributed by atoms with E-state index in [1.165, 1.54) is 11.6 Å². The summed E-state index contributed by atoms with van der Waals surface area (Å²) in [6.45, 7) is 2.26. The molecule has 0 radical (unpaired) electrons. The van der Waals surface area contributed by atoms with Crippen molar-refractivity contribution < 1.29 is 13.9 Å². The molecule has 0 bridgehead atoms. The van der Waals surface area contributed by atoms with Crippen LogP contribution in [0.4, 0.5) is 14.6 Å². The number of aryl methyl sites for hydroxylation is 1. The topological polar surface area (TPSA) is 64.1 Å². The normalized spacial score (nSPS) is 11.9. The van der Waals surface area contributed by atoms with Gasteiger partial charge in [0, 0.05) is 5.56 Å². The minimum absolute atomic E-state index is 0.159. The van der Waals surface area contributed by atoms with Gasteiger partial charge in [-0.15, -0.1) is 0 Å². The Morgan fingerprint density at radius 3 is 2.71 bits per heavy atom. The predicted octanol–water partition coefficient (Wildman–Crippen LogP) is 2.80. The van der Waals surface area contributed by atoms with Crippen LogP contribution in [0.2, 0.25) is 0 Å². The van der Waals surface area contributed by atoms with Gasteiger partial charge in [-0.05, 0) is 31.0 Å². The number of halogens is 2. The van der Waals surface area contributed by atoms with Gasteiger partial charge in [0.15, 0.2) is 0 Å². The highest BCUT2D eigenvalue weighted by molar-refractivity contribution is 5.51. The maximum atomic E-state index is 13.7. The van der Waals surface area contributed by atoms with E-state index in [1.54, 1.807) is 6.07 Å². The number of nitrogens with two attached hydrogens (primary N) is 1. The fraction of sp³-hybridized carbons (Fsp3) is 0.400. The lowest BCUT2D eigenvalue weighted by atomic mass is 10.1. The number of nitrogens with zero attached hydrogens (tertiary/aromatic N) is 2. The number of benzene rings is 1. The summed E-state index contributed by atoms with van der Waals surface area (Å²) in [6.07, 6.45) is 1.89. The monoisotopic (exact) mass is 295 g/mol. The molecule has 0 aliphatic rings. The van der Waals surface area contributed by atoms with Gasteiger partial charge in [0.1, 0.15) is 18.1 Å². The molecular formula is C15H19F2N3O. The van der Waals surface area contributed by atoms with Crippen molar-refractivity contribution in [3.05, 3.63) is 41.1 Å². The van der Waals surface area contributed by atoms with Gasteiger partial charge >= 0.3 is 5.92 Å². The summed E-state index contributed by atoms with van der Waals surface area (Å²) in [4.78, 5) is 0. The standard InChI is InChI=1S/C15H19F2N3O/c1-3-5-11-6-4-7-12(8-11)20-14(18)10(2)13(19-20)15(16,17)9-21/h4,6-8,21H,3,5,9,18H2,1-2H3. The average Bonchev–Trinajstić information content (AvgIpc) is 2.77. The molecule has 0 unspecified atom stereocenters. The van der Waals surface area contributed by atoms with Crippen molar-refractivity contribution in [2.24, 2.45) is 0 Å². The summed E-state index contributed by atoms with van der Waals surface area (Å²) in [7, 11) is 0. The molecule has 0 saturated heterocycles. The summed E-state index contributed by atoms with van der Waals surface area (Å²) in [5.41, 5.74) is 7.34. The Hall–Kier alpha value is -1.95. The summed E-state index contributed by atoms with van der Waals surface area (Å²) in [5, 5.41) is 12.7. The molecule has 0 aliphatic heterocycles. The molecule has 1 aromatic heterocycles. The van der Waals surface area contributed by atoms with Crippen molar-refractivity contribution in [3.63, 3.8) is 0 Å². The minimum Gasteiger partial charge on any atom is -0.390 e. The number of anilines is 1. The minimum atomic E-state index is -3.40. The van der Waals surface area contributed by atoms with E-state index < -0.39 is 18.2 Å². The number of nitrogen functional groups attached to an aromatic ring is 1. The lowest BCUT2D eigenvalue weighted by Gasteiger charge is -2.10. The van der Waals surface area contributed by atoms with Gasteiger partial charge < -0.3 is 10.8 Å². The van der Waals surface area contributed by atoms with E-state index in [0.29, 0.717) is 5.69 Å². The van der Waals surface area contributed by atoms with Gasteiger partial charge in [-0.3, -0.25) is 0 Å². The Balaban J connectivity index is 2.50. The number of aromatic nitrogens is 2. The van der Waals surface area contributed by atoms with E-state index in [-0.39, 0.29) is 11.4 Å². The van der Waals surface area contributed by atoms with Crippen molar-refractivity contribution >= 4 is 5.82 Å². The zero-order valence-corrected chi connectivity index (χ0v) is 12.1. The molecule has 114 valence electrons. The maximum Gasteiger partial charge on any atom is 0.314 e. The van der Waals surface area contributed by atoms with E-state index in [0.717, 1.165) is 18.4 Å². The fourth-order valence-electron chi connectivity index (χ4n) is 2.26. The number of hydrogen-bond acceptors (Lipinski definition) is 3. The Morgan fingerprint density at radius 1 is 1.38 bits per heavy atom. The van der Waals surface area contributed by atoms with Crippen LogP contribution in [0, 0.1) is 6.92 Å². The Morgan fingerprint density at radius 2 is 2.10 bits per heavy atom. The van der Waals surface area contributed by atoms with Gasteiger partial charge in [0.25, 0.3) is 0 Å². The van der Waals surface area contributed by atoms with E-state index in [4.69, 9.17) is 10.8 Å². The lowest BCUT2D eigenvalue weighted by Crippen LogP contribution is -2.20. The highest BCUT2D eigenvalue weighted by Gasteiger charge is 2.37. The highest BCUT2D eigenvalue weighted by Crippen LogP contribution is 2.32. The molecule has 0 amide bonds. The third-order valence-corrected chi connectivity index (χ3v) is 3.41. The molecule has 2 aromatic rings. The van der Waals surface area contributed by atoms with Crippen molar-refractivity contribution in [1.29, 1.82) is 0 Å². The van der Waals surface area contributed by atoms with Gasteiger partial charge in [-0.1, -0.05) is 25.5 Å². The summed E-state index contributed by atoms with van der Waals surface area (Å²) in [6, 6.07) is 7.47. The van der Waals surface area contributed by atoms with E-state index in [2.05, 4.69) is 12.0 Å². The number of hydrogen-bond donors (Lipinski definition) is 2. The maximum absolute atomic E-state index is 13.7. The smallest absolute Gasteiger partial charge is 0.314 e. The van der Waals surface area contributed by atoms with Crippen molar-refractivity contribution in [2.75, 3.05) is 12.3 Å². The van der Waals surface area contributed by atoms with Gasteiger partial charge in [-0.25, -0.2) is 4.68 Å². The van der Waals surface area contributed by atoms with Crippen LogP contribution in [-0.4, -0.2) is 21.5 Å². The van der Waals surface area contributed by atoms with E-state index >= 15 is 0 Å². The molecule has 1 heterocycles. The molecule has 0 fully saturated rings. The number of alkyl halides is 2. The third kappa shape index (κ3) is 2.90. The first kappa shape index (κ1) is 15.4. The van der Waals surface area contributed by atoms with Crippen LogP contribution < -0.4 is 5.73 Å². The molecule has 4 nitrogen and oxygen atoms in total. The Labute approximate surface area is 122 Å². The summed E-state index contributed by atoms with van der Waals surface area (Å²) < 4.78 is 28.6. The third-order valence-electron chi connectivity index (χ3n) is 3.41. The molecule has 0 aliphatic carbocycles. The van der Waals surface area contributed by atoms with Crippen LogP contribution in [0.5, 0.6) is 0 Å². The van der Waals surface area contributed by atoms with Gasteiger partial charge in [0.05, 0.1) is 5.69 Å².